The van der Waals surface area contributed by atoms with Crippen LogP contribution in [0.25, 0.3) is 0 Å². The molecule has 0 bridgehead atoms. The molecule has 19 heavy (non-hydrogen) atoms. The fourth-order valence-corrected chi connectivity index (χ4v) is 2.89. The van der Waals surface area contributed by atoms with Gasteiger partial charge in [0.25, 0.3) is 0 Å². The number of esters is 1. The van der Waals surface area contributed by atoms with Gasteiger partial charge in [0, 0.05) is 5.33 Å². The van der Waals surface area contributed by atoms with E-state index in [1.165, 1.54) is 5.56 Å². The number of carbonyl (C=O) groups excluding carboxylic acids is 1. The van der Waals surface area contributed by atoms with Crippen LogP contribution in [0.15, 0.2) is 24.3 Å². The van der Waals surface area contributed by atoms with Crippen molar-refractivity contribution in [2.75, 3.05) is 6.61 Å². The second kappa shape index (κ2) is 7.68. The zero-order valence-corrected chi connectivity index (χ0v) is 13.6. The molecule has 0 amide bonds. The fourth-order valence-electron chi connectivity index (χ4n) is 2.54. The van der Waals surface area contributed by atoms with Crippen molar-refractivity contribution in [2.24, 2.45) is 0 Å². The van der Waals surface area contributed by atoms with Gasteiger partial charge in [-0.3, -0.25) is 4.79 Å². The van der Waals surface area contributed by atoms with Crippen LogP contribution in [0.3, 0.4) is 0 Å². The Balaban J connectivity index is 3.23. The van der Waals surface area contributed by atoms with E-state index in [4.69, 9.17) is 4.74 Å². The van der Waals surface area contributed by atoms with Crippen molar-refractivity contribution in [2.45, 2.75) is 50.8 Å². The molecule has 1 aromatic rings. The Hall–Kier alpha value is -0.830. The molecule has 1 unspecified atom stereocenters. The Morgan fingerprint density at radius 2 is 2.05 bits per heavy atom. The molecule has 106 valence electrons. The SMILES string of the molecule is CCCC(CC)(C(=O)OCC)c1cccc(CBr)c1. The molecule has 0 aliphatic rings. The van der Waals surface area contributed by atoms with Gasteiger partial charge in [-0.05, 0) is 30.9 Å². The number of benzene rings is 1. The first-order valence-electron chi connectivity index (χ1n) is 6.97. The van der Waals surface area contributed by atoms with Crippen LogP contribution < -0.4 is 0 Å². The van der Waals surface area contributed by atoms with Crippen molar-refractivity contribution >= 4 is 21.9 Å². The minimum atomic E-state index is -0.497. The highest BCUT2D eigenvalue weighted by atomic mass is 79.9. The van der Waals surface area contributed by atoms with Crippen LogP contribution >= 0.6 is 15.9 Å². The summed E-state index contributed by atoms with van der Waals surface area (Å²) < 4.78 is 5.33. The first-order valence-corrected chi connectivity index (χ1v) is 8.09. The third-order valence-electron chi connectivity index (χ3n) is 3.58. The van der Waals surface area contributed by atoms with Gasteiger partial charge in [-0.25, -0.2) is 0 Å². The Morgan fingerprint density at radius 1 is 1.32 bits per heavy atom. The summed E-state index contributed by atoms with van der Waals surface area (Å²) in [6, 6.07) is 8.24. The van der Waals surface area contributed by atoms with Crippen molar-refractivity contribution in [3.63, 3.8) is 0 Å². The summed E-state index contributed by atoms with van der Waals surface area (Å²) in [6.45, 7) is 6.47. The van der Waals surface area contributed by atoms with Crippen LogP contribution in [-0.4, -0.2) is 12.6 Å². The van der Waals surface area contributed by atoms with E-state index in [0.717, 1.165) is 30.2 Å². The number of hydrogen-bond donors (Lipinski definition) is 0. The molecular formula is C16H23BrO2. The maximum absolute atomic E-state index is 12.5. The largest absolute Gasteiger partial charge is 0.465 e. The molecule has 1 rings (SSSR count). The minimum Gasteiger partial charge on any atom is -0.465 e. The van der Waals surface area contributed by atoms with Gasteiger partial charge in [-0.2, -0.15) is 0 Å². The summed E-state index contributed by atoms with van der Waals surface area (Å²) in [5.74, 6) is -0.0916. The molecule has 0 N–H and O–H groups in total. The topological polar surface area (TPSA) is 26.3 Å². The number of halogens is 1. The highest BCUT2D eigenvalue weighted by Gasteiger charge is 2.39. The molecule has 0 heterocycles. The Morgan fingerprint density at radius 3 is 2.58 bits per heavy atom. The second-order valence-corrected chi connectivity index (χ2v) is 5.30. The first kappa shape index (κ1) is 16.2. The van der Waals surface area contributed by atoms with Gasteiger partial charge in [0.1, 0.15) is 0 Å². The summed E-state index contributed by atoms with van der Waals surface area (Å²) in [5.41, 5.74) is 1.77. The van der Waals surface area contributed by atoms with Gasteiger partial charge >= 0.3 is 5.97 Å². The van der Waals surface area contributed by atoms with Crippen LogP contribution in [0.1, 0.15) is 51.2 Å². The molecule has 0 saturated heterocycles. The molecule has 2 nitrogen and oxygen atoms in total. The molecule has 0 saturated carbocycles. The summed E-state index contributed by atoms with van der Waals surface area (Å²) in [5, 5.41) is 0.801. The van der Waals surface area contributed by atoms with E-state index in [-0.39, 0.29) is 5.97 Å². The lowest BCUT2D eigenvalue weighted by atomic mass is 9.74. The summed E-state index contributed by atoms with van der Waals surface area (Å²) in [4.78, 5) is 12.5. The number of hydrogen-bond acceptors (Lipinski definition) is 2. The first-order chi connectivity index (χ1) is 9.14. The lowest BCUT2D eigenvalue weighted by Crippen LogP contribution is -2.37. The van der Waals surface area contributed by atoms with Crippen LogP contribution in [0.4, 0.5) is 0 Å². The van der Waals surface area contributed by atoms with Crippen molar-refractivity contribution in [3.8, 4) is 0 Å². The monoisotopic (exact) mass is 326 g/mol. The molecular weight excluding hydrogens is 304 g/mol. The van der Waals surface area contributed by atoms with E-state index >= 15 is 0 Å². The van der Waals surface area contributed by atoms with Crippen LogP contribution in [0.5, 0.6) is 0 Å². The van der Waals surface area contributed by atoms with Crippen molar-refractivity contribution in [1.29, 1.82) is 0 Å². The second-order valence-electron chi connectivity index (χ2n) is 4.74. The van der Waals surface area contributed by atoms with Gasteiger partial charge in [-0.1, -0.05) is 60.5 Å². The van der Waals surface area contributed by atoms with Crippen LogP contribution in [0.2, 0.25) is 0 Å². The van der Waals surface area contributed by atoms with E-state index in [0.29, 0.717) is 6.61 Å². The van der Waals surface area contributed by atoms with E-state index in [1.54, 1.807) is 0 Å². The molecule has 1 aromatic carbocycles. The predicted molar refractivity (Wildman–Crippen MR) is 82.6 cm³/mol. The number of alkyl halides is 1. The highest BCUT2D eigenvalue weighted by Crippen LogP contribution is 2.35. The van der Waals surface area contributed by atoms with Crippen molar-refractivity contribution in [3.05, 3.63) is 35.4 Å². The average molecular weight is 327 g/mol. The molecule has 0 aromatic heterocycles. The lowest BCUT2D eigenvalue weighted by Gasteiger charge is -2.31. The van der Waals surface area contributed by atoms with Crippen LogP contribution in [0, 0.1) is 0 Å². The molecule has 0 spiro atoms. The maximum Gasteiger partial charge on any atom is 0.316 e. The molecule has 0 radical (unpaired) electrons. The summed E-state index contributed by atoms with van der Waals surface area (Å²) in [7, 11) is 0. The average Bonchev–Trinajstić information content (AvgIpc) is 2.45. The maximum atomic E-state index is 12.5. The van der Waals surface area contributed by atoms with E-state index in [1.807, 2.05) is 19.1 Å². The molecule has 0 aliphatic heterocycles. The fraction of sp³-hybridized carbons (Fsp3) is 0.562. The standard InChI is InChI=1S/C16H23BrO2/c1-4-10-16(5-2,15(18)19-6-3)14-9-7-8-13(11-14)12-17/h7-9,11H,4-6,10,12H2,1-3H3. The van der Waals surface area contributed by atoms with Crippen molar-refractivity contribution in [1.82, 2.24) is 0 Å². The minimum absolute atomic E-state index is 0.0916. The summed E-state index contributed by atoms with van der Waals surface area (Å²) >= 11 is 3.47. The smallest absolute Gasteiger partial charge is 0.316 e. The van der Waals surface area contributed by atoms with Gasteiger partial charge in [0.2, 0.25) is 0 Å². The van der Waals surface area contributed by atoms with Gasteiger partial charge < -0.3 is 4.74 Å². The third-order valence-corrected chi connectivity index (χ3v) is 4.23. The third kappa shape index (κ3) is 3.59. The Labute approximate surface area is 124 Å². The predicted octanol–water partition coefficient (Wildman–Crippen LogP) is 4.59. The zero-order valence-electron chi connectivity index (χ0n) is 12.0. The molecule has 0 fully saturated rings. The molecule has 0 aliphatic carbocycles. The highest BCUT2D eigenvalue weighted by molar-refractivity contribution is 9.08. The van der Waals surface area contributed by atoms with Gasteiger partial charge in [0.05, 0.1) is 12.0 Å². The number of rotatable bonds is 7. The van der Waals surface area contributed by atoms with Gasteiger partial charge in [-0.15, -0.1) is 0 Å². The molecule has 1 atom stereocenters. The van der Waals surface area contributed by atoms with Crippen LogP contribution in [-0.2, 0) is 20.3 Å². The normalized spacial score (nSPS) is 13.9. The lowest BCUT2D eigenvalue weighted by molar-refractivity contribution is -0.150. The van der Waals surface area contributed by atoms with Crippen molar-refractivity contribution < 1.29 is 9.53 Å². The molecule has 3 heteroatoms. The Kier molecular flexibility index (Phi) is 6.56. The number of ether oxygens (including phenoxy) is 1. The van der Waals surface area contributed by atoms with E-state index in [9.17, 15) is 4.79 Å². The van der Waals surface area contributed by atoms with Gasteiger partial charge in [0.15, 0.2) is 0 Å². The zero-order chi connectivity index (χ0) is 14.3. The quantitative estimate of drug-likeness (QED) is 0.541. The Bertz CT molecular complexity index is 417. The number of carbonyl (C=O) groups is 1. The van der Waals surface area contributed by atoms with E-state index < -0.39 is 5.41 Å². The van der Waals surface area contributed by atoms with E-state index in [2.05, 4.69) is 41.9 Å². The summed E-state index contributed by atoms with van der Waals surface area (Å²) in [6.07, 6.45) is 2.56.